The second kappa shape index (κ2) is 4.97. The molecule has 0 fully saturated rings. The van der Waals surface area contributed by atoms with E-state index < -0.39 is 11.9 Å². The van der Waals surface area contributed by atoms with E-state index in [1.807, 2.05) is 13.8 Å². The summed E-state index contributed by atoms with van der Waals surface area (Å²) >= 11 is 0. The van der Waals surface area contributed by atoms with Crippen LogP contribution in [0.15, 0.2) is 15.4 Å². The molecule has 0 aromatic carbocycles. The molecule has 0 saturated heterocycles. The predicted molar refractivity (Wildman–Crippen MR) is 52.1 cm³/mol. The minimum absolute atomic E-state index is 0.293. The van der Waals surface area contributed by atoms with E-state index in [0.717, 1.165) is 13.1 Å². The number of rotatable bonds is 5. The first kappa shape index (κ1) is 11.0. The first-order chi connectivity index (χ1) is 6.67. The van der Waals surface area contributed by atoms with E-state index in [1.165, 1.54) is 6.20 Å². The minimum atomic E-state index is -0.742. The highest BCUT2D eigenvalue weighted by Crippen LogP contribution is 2.10. The number of nitrogens with zero attached hydrogens (tertiary/aromatic N) is 1. The zero-order chi connectivity index (χ0) is 10.6. The molecule has 1 rings (SSSR count). The number of nitrogens with one attached hydrogen (secondary N) is 1. The highest BCUT2D eigenvalue weighted by atomic mass is 16.4. The van der Waals surface area contributed by atoms with Crippen molar-refractivity contribution in [1.29, 1.82) is 0 Å². The van der Waals surface area contributed by atoms with Gasteiger partial charge in [0, 0.05) is 12.7 Å². The lowest BCUT2D eigenvalue weighted by Gasteiger charge is -2.20. The zero-order valence-corrected chi connectivity index (χ0v) is 8.49. The van der Waals surface area contributed by atoms with Crippen LogP contribution < -0.4 is 5.76 Å². The SMILES string of the molecule is CCN(CC)CC(O)c1c[nH]c(=O)o1. The monoisotopic (exact) mass is 200 g/mol. The molecule has 0 saturated carbocycles. The maximum absolute atomic E-state index is 10.7. The molecule has 0 amide bonds. The Labute approximate surface area is 82.4 Å². The van der Waals surface area contributed by atoms with Gasteiger partial charge in [-0.25, -0.2) is 4.79 Å². The highest BCUT2D eigenvalue weighted by molar-refractivity contribution is 4.94. The quantitative estimate of drug-likeness (QED) is 0.719. The van der Waals surface area contributed by atoms with Crippen LogP contribution >= 0.6 is 0 Å². The molecule has 80 valence electrons. The summed E-state index contributed by atoms with van der Waals surface area (Å²) in [6, 6.07) is 0. The van der Waals surface area contributed by atoms with Gasteiger partial charge in [0.15, 0.2) is 5.76 Å². The number of aromatic nitrogens is 1. The number of aliphatic hydroxyl groups excluding tert-OH is 1. The van der Waals surface area contributed by atoms with Crippen LogP contribution in [0.1, 0.15) is 25.7 Å². The molecular weight excluding hydrogens is 184 g/mol. The largest absolute Gasteiger partial charge is 0.416 e. The Kier molecular flexibility index (Phi) is 3.91. The predicted octanol–water partition coefficient (Wildman–Crippen LogP) is 0.343. The first-order valence-corrected chi connectivity index (χ1v) is 4.76. The molecule has 5 heteroatoms. The van der Waals surface area contributed by atoms with Crippen molar-refractivity contribution < 1.29 is 9.52 Å². The van der Waals surface area contributed by atoms with Gasteiger partial charge >= 0.3 is 5.76 Å². The second-order valence-electron chi connectivity index (χ2n) is 3.08. The number of likely N-dealkylation sites (N-methyl/N-ethyl adjacent to an activating group) is 1. The molecule has 14 heavy (non-hydrogen) atoms. The summed E-state index contributed by atoms with van der Waals surface area (Å²) in [7, 11) is 0. The van der Waals surface area contributed by atoms with Crippen molar-refractivity contribution in [1.82, 2.24) is 9.88 Å². The third-order valence-corrected chi connectivity index (χ3v) is 2.20. The molecule has 1 atom stereocenters. The minimum Gasteiger partial charge on any atom is -0.410 e. The van der Waals surface area contributed by atoms with Gasteiger partial charge in [0.25, 0.3) is 0 Å². The number of oxazole rings is 1. The van der Waals surface area contributed by atoms with E-state index >= 15 is 0 Å². The first-order valence-electron chi connectivity index (χ1n) is 4.76. The van der Waals surface area contributed by atoms with Crippen LogP contribution in [0.5, 0.6) is 0 Å². The standard InChI is InChI=1S/C9H16N2O3/c1-3-11(4-2)6-7(12)8-5-10-9(13)14-8/h5,7,12H,3-4,6H2,1-2H3,(H,10,13). The average molecular weight is 200 g/mol. The van der Waals surface area contributed by atoms with Crippen molar-refractivity contribution in [3.63, 3.8) is 0 Å². The Morgan fingerprint density at radius 2 is 2.21 bits per heavy atom. The van der Waals surface area contributed by atoms with Gasteiger partial charge in [0.05, 0.1) is 0 Å². The zero-order valence-electron chi connectivity index (χ0n) is 8.49. The highest BCUT2D eigenvalue weighted by Gasteiger charge is 2.14. The molecular formula is C9H16N2O3. The summed E-state index contributed by atoms with van der Waals surface area (Å²) in [6.45, 7) is 6.24. The van der Waals surface area contributed by atoms with Gasteiger partial charge in [-0.3, -0.25) is 4.98 Å². The molecule has 5 nitrogen and oxygen atoms in total. The Morgan fingerprint density at radius 3 is 2.64 bits per heavy atom. The molecule has 0 spiro atoms. The summed E-state index contributed by atoms with van der Waals surface area (Å²) in [4.78, 5) is 15.1. The molecule has 0 bridgehead atoms. The number of hydrogen-bond donors (Lipinski definition) is 2. The van der Waals surface area contributed by atoms with Crippen LogP contribution in [0, 0.1) is 0 Å². The Balaban J connectivity index is 2.57. The maximum atomic E-state index is 10.7. The lowest BCUT2D eigenvalue weighted by Crippen LogP contribution is -2.28. The van der Waals surface area contributed by atoms with Gasteiger partial charge in [0.2, 0.25) is 0 Å². The fourth-order valence-electron chi connectivity index (χ4n) is 1.28. The Bertz CT molecular complexity index is 314. The lowest BCUT2D eigenvalue weighted by molar-refractivity contribution is 0.0981. The third-order valence-electron chi connectivity index (χ3n) is 2.20. The van der Waals surface area contributed by atoms with Crippen molar-refractivity contribution in [3.05, 3.63) is 22.5 Å². The van der Waals surface area contributed by atoms with E-state index in [0.29, 0.717) is 12.3 Å². The van der Waals surface area contributed by atoms with Crippen LogP contribution in [-0.4, -0.2) is 34.6 Å². The number of aromatic amines is 1. The van der Waals surface area contributed by atoms with E-state index in [-0.39, 0.29) is 0 Å². The van der Waals surface area contributed by atoms with Gasteiger partial charge in [-0.15, -0.1) is 0 Å². The van der Waals surface area contributed by atoms with Gasteiger partial charge in [-0.05, 0) is 13.1 Å². The number of H-pyrrole nitrogens is 1. The molecule has 1 aromatic rings. The summed E-state index contributed by atoms with van der Waals surface area (Å²) in [5.41, 5.74) is 0. The smallest absolute Gasteiger partial charge is 0.410 e. The summed E-state index contributed by atoms with van der Waals surface area (Å²) in [5, 5.41) is 9.67. The molecule has 1 unspecified atom stereocenters. The Morgan fingerprint density at radius 1 is 1.57 bits per heavy atom. The van der Waals surface area contributed by atoms with E-state index in [4.69, 9.17) is 4.42 Å². The molecule has 0 aliphatic rings. The van der Waals surface area contributed by atoms with Gasteiger partial charge < -0.3 is 14.4 Å². The van der Waals surface area contributed by atoms with Crippen LogP contribution in [0.2, 0.25) is 0 Å². The van der Waals surface area contributed by atoms with Crippen LogP contribution in [-0.2, 0) is 0 Å². The fourth-order valence-corrected chi connectivity index (χ4v) is 1.28. The second-order valence-corrected chi connectivity index (χ2v) is 3.08. The normalized spacial score (nSPS) is 13.4. The topological polar surface area (TPSA) is 69.5 Å². The van der Waals surface area contributed by atoms with Crippen LogP contribution in [0.25, 0.3) is 0 Å². The third kappa shape index (κ3) is 2.71. The molecule has 0 aliphatic heterocycles. The van der Waals surface area contributed by atoms with E-state index in [9.17, 15) is 9.90 Å². The molecule has 0 aliphatic carbocycles. The van der Waals surface area contributed by atoms with Crippen molar-refractivity contribution in [3.8, 4) is 0 Å². The summed E-state index contributed by atoms with van der Waals surface area (Å²) in [6.07, 6.45) is 0.657. The molecule has 1 heterocycles. The Hall–Kier alpha value is -1.07. The lowest BCUT2D eigenvalue weighted by atomic mass is 10.2. The van der Waals surface area contributed by atoms with E-state index in [2.05, 4.69) is 9.88 Å². The summed E-state index contributed by atoms with van der Waals surface area (Å²) in [5.74, 6) is -0.236. The van der Waals surface area contributed by atoms with Gasteiger partial charge in [0.1, 0.15) is 6.10 Å². The number of aliphatic hydroxyl groups is 1. The molecule has 1 aromatic heterocycles. The van der Waals surface area contributed by atoms with Crippen molar-refractivity contribution in [2.24, 2.45) is 0 Å². The number of hydrogen-bond acceptors (Lipinski definition) is 4. The van der Waals surface area contributed by atoms with Gasteiger partial charge in [-0.2, -0.15) is 0 Å². The van der Waals surface area contributed by atoms with Crippen molar-refractivity contribution in [2.45, 2.75) is 20.0 Å². The molecule has 0 radical (unpaired) electrons. The van der Waals surface area contributed by atoms with Gasteiger partial charge in [-0.1, -0.05) is 13.8 Å². The summed E-state index contributed by atoms with van der Waals surface area (Å²) < 4.78 is 4.75. The van der Waals surface area contributed by atoms with Crippen molar-refractivity contribution >= 4 is 0 Å². The van der Waals surface area contributed by atoms with Crippen molar-refractivity contribution in [2.75, 3.05) is 19.6 Å². The van der Waals surface area contributed by atoms with E-state index in [1.54, 1.807) is 0 Å². The fraction of sp³-hybridized carbons (Fsp3) is 0.667. The van der Waals surface area contributed by atoms with Crippen LogP contribution in [0.4, 0.5) is 0 Å². The molecule has 2 N–H and O–H groups in total. The van der Waals surface area contributed by atoms with Crippen LogP contribution in [0.3, 0.4) is 0 Å². The maximum Gasteiger partial charge on any atom is 0.416 e. The average Bonchev–Trinajstić information content (AvgIpc) is 2.61.